The van der Waals surface area contributed by atoms with Crippen molar-refractivity contribution in [1.29, 1.82) is 0 Å². The molecule has 0 radical (unpaired) electrons. The average Bonchev–Trinajstić information content (AvgIpc) is 2.82. The summed E-state index contributed by atoms with van der Waals surface area (Å²) in [6.45, 7) is 6.92. The molecule has 0 unspecified atom stereocenters. The summed E-state index contributed by atoms with van der Waals surface area (Å²) in [6.07, 6.45) is 5.32. The van der Waals surface area contributed by atoms with E-state index in [-0.39, 0.29) is 0 Å². The Morgan fingerprint density at radius 2 is 2.11 bits per heavy atom. The van der Waals surface area contributed by atoms with E-state index in [0.29, 0.717) is 6.04 Å². The lowest BCUT2D eigenvalue weighted by Crippen LogP contribution is -2.45. The minimum atomic E-state index is 0.634. The molecule has 102 valence electrons. The van der Waals surface area contributed by atoms with Crippen LogP contribution in [0.4, 0.5) is 0 Å². The Bertz CT molecular complexity index is 347. The van der Waals surface area contributed by atoms with Crippen LogP contribution in [0, 0.1) is 0 Å². The highest BCUT2D eigenvalue weighted by Gasteiger charge is 2.22. The van der Waals surface area contributed by atoms with Gasteiger partial charge >= 0.3 is 0 Å². The van der Waals surface area contributed by atoms with Crippen molar-refractivity contribution in [3.05, 3.63) is 20.8 Å². The maximum atomic E-state index is 3.59. The van der Waals surface area contributed by atoms with E-state index in [9.17, 15) is 0 Å². The molecule has 0 saturated carbocycles. The lowest BCUT2D eigenvalue weighted by Gasteiger charge is -2.34. The van der Waals surface area contributed by atoms with Gasteiger partial charge in [-0.15, -0.1) is 11.3 Å². The topological polar surface area (TPSA) is 15.3 Å². The Labute approximate surface area is 123 Å². The number of thiophene rings is 1. The zero-order valence-electron chi connectivity index (χ0n) is 11.1. The van der Waals surface area contributed by atoms with E-state index in [1.54, 1.807) is 0 Å². The van der Waals surface area contributed by atoms with E-state index >= 15 is 0 Å². The zero-order chi connectivity index (χ0) is 12.8. The SMILES string of the molecule is CCCCC[C@@H](c1ccc(Br)s1)N1CCNCC1. The van der Waals surface area contributed by atoms with Gasteiger partial charge in [-0.2, -0.15) is 0 Å². The van der Waals surface area contributed by atoms with Crippen molar-refractivity contribution in [2.24, 2.45) is 0 Å². The highest BCUT2D eigenvalue weighted by Crippen LogP contribution is 2.34. The van der Waals surface area contributed by atoms with Crippen LogP contribution >= 0.6 is 27.3 Å². The average molecular weight is 331 g/mol. The third-order valence-corrected chi connectivity index (χ3v) is 5.32. The fraction of sp³-hybridized carbons (Fsp3) is 0.714. The molecule has 1 aliphatic rings. The van der Waals surface area contributed by atoms with Gasteiger partial charge < -0.3 is 5.32 Å². The number of rotatable bonds is 6. The summed E-state index contributed by atoms with van der Waals surface area (Å²) in [6, 6.07) is 5.12. The molecule has 1 saturated heterocycles. The van der Waals surface area contributed by atoms with Gasteiger partial charge in [-0.05, 0) is 34.5 Å². The fourth-order valence-corrected chi connectivity index (χ4v) is 4.19. The molecule has 0 aromatic carbocycles. The van der Waals surface area contributed by atoms with Gasteiger partial charge in [0.15, 0.2) is 0 Å². The standard InChI is InChI=1S/C14H23BrN2S/c1-2-3-4-5-12(13-6-7-14(15)18-13)17-10-8-16-9-11-17/h6-7,12,16H,2-5,8-11H2,1H3/t12-/m0/s1. The first-order chi connectivity index (χ1) is 8.81. The number of nitrogens with one attached hydrogen (secondary N) is 1. The summed E-state index contributed by atoms with van der Waals surface area (Å²) in [5.41, 5.74) is 0. The van der Waals surface area contributed by atoms with Gasteiger partial charge in [0, 0.05) is 37.1 Å². The number of piperazine rings is 1. The Kier molecular flexibility index (Phi) is 6.15. The predicted molar refractivity (Wildman–Crippen MR) is 83.3 cm³/mol. The molecule has 1 fully saturated rings. The van der Waals surface area contributed by atoms with Gasteiger partial charge in [0.2, 0.25) is 0 Å². The van der Waals surface area contributed by atoms with Gasteiger partial charge in [-0.1, -0.05) is 26.2 Å². The first-order valence-corrected chi connectivity index (χ1v) is 8.62. The molecule has 1 aliphatic heterocycles. The highest BCUT2D eigenvalue weighted by molar-refractivity contribution is 9.11. The molecular weight excluding hydrogens is 308 g/mol. The predicted octanol–water partition coefficient (Wildman–Crippen LogP) is 4.04. The van der Waals surface area contributed by atoms with Crippen molar-refractivity contribution in [1.82, 2.24) is 10.2 Å². The Hall–Kier alpha value is 0.1000. The molecule has 2 heterocycles. The van der Waals surface area contributed by atoms with Gasteiger partial charge in [0.1, 0.15) is 0 Å². The summed E-state index contributed by atoms with van der Waals surface area (Å²) in [7, 11) is 0. The van der Waals surface area contributed by atoms with Crippen molar-refractivity contribution in [3.8, 4) is 0 Å². The summed E-state index contributed by atoms with van der Waals surface area (Å²) in [5.74, 6) is 0. The number of unbranched alkanes of at least 4 members (excludes halogenated alkanes) is 2. The third-order valence-electron chi connectivity index (χ3n) is 3.60. The van der Waals surface area contributed by atoms with Crippen molar-refractivity contribution in [2.75, 3.05) is 26.2 Å². The second-order valence-electron chi connectivity index (χ2n) is 4.94. The van der Waals surface area contributed by atoms with Crippen LogP contribution in [0.2, 0.25) is 0 Å². The molecular formula is C14H23BrN2S. The number of hydrogen-bond donors (Lipinski definition) is 1. The summed E-state index contributed by atoms with van der Waals surface area (Å²) >= 11 is 5.50. The van der Waals surface area contributed by atoms with E-state index in [2.05, 4.69) is 45.2 Å². The van der Waals surface area contributed by atoms with Crippen LogP contribution in [0.3, 0.4) is 0 Å². The van der Waals surface area contributed by atoms with Crippen LogP contribution in [-0.4, -0.2) is 31.1 Å². The first-order valence-electron chi connectivity index (χ1n) is 7.01. The fourth-order valence-electron chi connectivity index (χ4n) is 2.59. The van der Waals surface area contributed by atoms with Gasteiger partial charge in [0.25, 0.3) is 0 Å². The largest absolute Gasteiger partial charge is 0.314 e. The third kappa shape index (κ3) is 4.05. The quantitative estimate of drug-likeness (QED) is 0.792. The molecule has 1 N–H and O–H groups in total. The maximum Gasteiger partial charge on any atom is 0.0701 e. The van der Waals surface area contributed by atoms with E-state index in [0.717, 1.165) is 13.1 Å². The molecule has 1 aromatic heterocycles. The monoisotopic (exact) mass is 330 g/mol. The van der Waals surface area contributed by atoms with Gasteiger partial charge in [-0.3, -0.25) is 4.90 Å². The summed E-state index contributed by atoms with van der Waals surface area (Å²) in [5, 5.41) is 3.45. The molecule has 0 amide bonds. The molecule has 1 aromatic rings. The van der Waals surface area contributed by atoms with Crippen molar-refractivity contribution >= 4 is 27.3 Å². The minimum absolute atomic E-state index is 0.634. The zero-order valence-corrected chi connectivity index (χ0v) is 13.5. The van der Waals surface area contributed by atoms with Gasteiger partial charge in [-0.25, -0.2) is 0 Å². The van der Waals surface area contributed by atoms with Crippen LogP contribution in [0.25, 0.3) is 0 Å². The van der Waals surface area contributed by atoms with Crippen LogP contribution in [0.15, 0.2) is 15.9 Å². The Morgan fingerprint density at radius 1 is 1.33 bits per heavy atom. The van der Waals surface area contributed by atoms with Crippen LogP contribution in [0.5, 0.6) is 0 Å². The summed E-state index contributed by atoms with van der Waals surface area (Å²) in [4.78, 5) is 4.18. The Morgan fingerprint density at radius 3 is 2.72 bits per heavy atom. The van der Waals surface area contributed by atoms with E-state index < -0.39 is 0 Å². The van der Waals surface area contributed by atoms with Crippen LogP contribution in [0.1, 0.15) is 43.5 Å². The molecule has 0 spiro atoms. The molecule has 2 rings (SSSR count). The van der Waals surface area contributed by atoms with Crippen LogP contribution in [-0.2, 0) is 0 Å². The molecule has 18 heavy (non-hydrogen) atoms. The van der Waals surface area contributed by atoms with Crippen LogP contribution < -0.4 is 5.32 Å². The Balaban J connectivity index is 2.01. The molecule has 2 nitrogen and oxygen atoms in total. The van der Waals surface area contributed by atoms with E-state index in [1.807, 2.05) is 11.3 Å². The highest BCUT2D eigenvalue weighted by atomic mass is 79.9. The van der Waals surface area contributed by atoms with E-state index in [1.165, 1.54) is 47.4 Å². The lowest BCUT2D eigenvalue weighted by molar-refractivity contribution is 0.165. The minimum Gasteiger partial charge on any atom is -0.314 e. The smallest absolute Gasteiger partial charge is 0.0701 e. The van der Waals surface area contributed by atoms with E-state index in [4.69, 9.17) is 0 Å². The number of nitrogens with zero attached hydrogens (tertiary/aromatic N) is 1. The van der Waals surface area contributed by atoms with Crippen molar-refractivity contribution < 1.29 is 0 Å². The molecule has 1 atom stereocenters. The lowest BCUT2D eigenvalue weighted by atomic mass is 10.0. The molecule has 4 heteroatoms. The first kappa shape index (κ1) is 14.5. The molecule has 0 aliphatic carbocycles. The summed E-state index contributed by atoms with van der Waals surface area (Å²) < 4.78 is 1.26. The van der Waals surface area contributed by atoms with Crippen molar-refractivity contribution in [3.63, 3.8) is 0 Å². The molecule has 0 bridgehead atoms. The van der Waals surface area contributed by atoms with Gasteiger partial charge in [0.05, 0.1) is 3.79 Å². The number of halogens is 1. The number of hydrogen-bond acceptors (Lipinski definition) is 3. The maximum absolute atomic E-state index is 3.59. The van der Waals surface area contributed by atoms with Crippen molar-refractivity contribution in [2.45, 2.75) is 38.6 Å². The normalized spacial score (nSPS) is 19.0. The second kappa shape index (κ2) is 7.63. The second-order valence-corrected chi connectivity index (χ2v) is 7.43.